The molecule has 0 unspecified atom stereocenters. The van der Waals surface area contributed by atoms with Gasteiger partial charge in [-0.25, -0.2) is 4.79 Å². The highest BCUT2D eigenvalue weighted by molar-refractivity contribution is 7.95. The Hall–Kier alpha value is -2.24. The third-order valence-electron chi connectivity index (χ3n) is 4.48. The summed E-state index contributed by atoms with van der Waals surface area (Å²) in [4.78, 5) is 16.3. The van der Waals surface area contributed by atoms with Crippen molar-refractivity contribution in [1.29, 1.82) is 0 Å². The van der Waals surface area contributed by atoms with Gasteiger partial charge in [-0.1, -0.05) is 0 Å². The van der Waals surface area contributed by atoms with Crippen LogP contribution in [0.15, 0.2) is 29.1 Å². The second kappa shape index (κ2) is 8.25. The van der Waals surface area contributed by atoms with Gasteiger partial charge in [0.05, 0.1) is 25.5 Å². The molecule has 7 nitrogen and oxygen atoms in total. The third kappa shape index (κ3) is 4.85. The SMILES string of the molecule is O=c1nc(OC[C@@H]2COCCO2)cc2n1CCc1cc(OSC(F)(F)F)ccc1-2. The van der Waals surface area contributed by atoms with Crippen LogP contribution in [0.2, 0.25) is 0 Å². The Balaban J connectivity index is 1.55. The molecular formula is C18H17F3N2O5S. The van der Waals surface area contributed by atoms with Gasteiger partial charge in [-0.2, -0.15) is 18.2 Å². The fourth-order valence-corrected chi connectivity index (χ4v) is 3.51. The van der Waals surface area contributed by atoms with Crippen molar-refractivity contribution in [1.82, 2.24) is 9.55 Å². The summed E-state index contributed by atoms with van der Waals surface area (Å²) in [6, 6.07) is 6.27. The molecule has 4 rings (SSSR count). The standard InChI is InChI=1S/C18H17F3N2O5S/c19-18(20,21)29-28-12-1-2-14-11(7-12)3-4-23-15(14)8-16(22-17(23)24)27-10-13-9-25-5-6-26-13/h1-2,7-8,13H,3-6,9-10H2/t13-/m0/s1. The van der Waals surface area contributed by atoms with Gasteiger partial charge < -0.3 is 18.4 Å². The zero-order valence-corrected chi connectivity index (χ0v) is 15.9. The minimum absolute atomic E-state index is 0.0989. The summed E-state index contributed by atoms with van der Waals surface area (Å²) >= 11 is -0.559. The zero-order valence-electron chi connectivity index (χ0n) is 15.1. The molecule has 156 valence electrons. The van der Waals surface area contributed by atoms with Crippen LogP contribution in [-0.4, -0.2) is 47.6 Å². The van der Waals surface area contributed by atoms with Gasteiger partial charge in [-0.15, -0.1) is 0 Å². The second-order valence-corrected chi connectivity index (χ2v) is 7.27. The molecule has 11 heteroatoms. The summed E-state index contributed by atoms with van der Waals surface area (Å²) in [6.07, 6.45) is 0.244. The Kier molecular flexibility index (Phi) is 5.70. The molecule has 0 spiro atoms. The van der Waals surface area contributed by atoms with Gasteiger partial charge in [0.2, 0.25) is 5.88 Å². The first-order chi connectivity index (χ1) is 13.9. The van der Waals surface area contributed by atoms with Gasteiger partial charge >= 0.3 is 11.2 Å². The topological polar surface area (TPSA) is 71.8 Å². The smallest absolute Gasteiger partial charge is 0.475 e. The quantitative estimate of drug-likeness (QED) is 0.676. The van der Waals surface area contributed by atoms with E-state index in [4.69, 9.17) is 18.4 Å². The van der Waals surface area contributed by atoms with Crippen LogP contribution in [0, 0.1) is 0 Å². The van der Waals surface area contributed by atoms with Crippen LogP contribution in [0.5, 0.6) is 11.6 Å². The van der Waals surface area contributed by atoms with Crippen LogP contribution in [0.1, 0.15) is 5.56 Å². The second-order valence-electron chi connectivity index (χ2n) is 6.47. The van der Waals surface area contributed by atoms with E-state index in [1.54, 1.807) is 18.2 Å². The molecule has 2 aliphatic rings. The Morgan fingerprint density at radius 2 is 2.14 bits per heavy atom. The van der Waals surface area contributed by atoms with E-state index < -0.39 is 23.2 Å². The average molecular weight is 430 g/mol. The van der Waals surface area contributed by atoms with Crippen molar-refractivity contribution in [3.63, 3.8) is 0 Å². The molecule has 1 saturated heterocycles. The molecule has 2 aliphatic heterocycles. The van der Waals surface area contributed by atoms with Crippen LogP contribution in [0.3, 0.4) is 0 Å². The molecule has 1 aromatic heterocycles. The number of hydrogen-bond acceptors (Lipinski definition) is 7. The van der Waals surface area contributed by atoms with E-state index in [9.17, 15) is 18.0 Å². The molecule has 0 amide bonds. The Labute approximate surface area is 167 Å². The Bertz CT molecular complexity index is 944. The molecule has 1 atom stereocenters. The third-order valence-corrected chi connectivity index (χ3v) is 4.94. The van der Waals surface area contributed by atoms with Gasteiger partial charge in [-0.05, 0) is 30.2 Å². The molecule has 0 N–H and O–H groups in total. The van der Waals surface area contributed by atoms with E-state index in [1.807, 2.05) is 0 Å². The predicted molar refractivity (Wildman–Crippen MR) is 98.0 cm³/mol. The fourth-order valence-electron chi connectivity index (χ4n) is 3.22. The molecule has 29 heavy (non-hydrogen) atoms. The highest BCUT2D eigenvalue weighted by Gasteiger charge is 2.31. The van der Waals surface area contributed by atoms with E-state index in [0.29, 0.717) is 38.5 Å². The highest BCUT2D eigenvalue weighted by Crippen LogP contribution is 2.36. The average Bonchev–Trinajstić information content (AvgIpc) is 2.70. The Morgan fingerprint density at radius 3 is 2.90 bits per heavy atom. The molecule has 2 aromatic rings. The normalized spacial score (nSPS) is 18.7. The van der Waals surface area contributed by atoms with Crippen molar-refractivity contribution in [2.75, 3.05) is 26.4 Å². The molecule has 3 heterocycles. The lowest BCUT2D eigenvalue weighted by atomic mass is 9.97. The van der Waals surface area contributed by atoms with E-state index in [-0.39, 0.29) is 24.3 Å². The van der Waals surface area contributed by atoms with Crippen LogP contribution >= 0.6 is 12.0 Å². The number of aromatic nitrogens is 2. The van der Waals surface area contributed by atoms with Crippen LogP contribution in [-0.2, 0) is 22.4 Å². The number of ether oxygens (including phenoxy) is 3. The maximum atomic E-state index is 12.4. The summed E-state index contributed by atoms with van der Waals surface area (Å²) in [5.41, 5.74) is -2.83. The predicted octanol–water partition coefficient (Wildman–Crippen LogP) is 2.81. The van der Waals surface area contributed by atoms with Gasteiger partial charge in [0.15, 0.2) is 12.0 Å². The minimum Gasteiger partial charge on any atom is -0.475 e. The highest BCUT2D eigenvalue weighted by atomic mass is 32.2. The van der Waals surface area contributed by atoms with Crippen LogP contribution < -0.4 is 14.6 Å². The van der Waals surface area contributed by atoms with Crippen molar-refractivity contribution in [3.8, 4) is 22.9 Å². The molecule has 0 radical (unpaired) electrons. The monoisotopic (exact) mass is 430 g/mol. The van der Waals surface area contributed by atoms with E-state index >= 15 is 0 Å². The maximum Gasteiger partial charge on any atom is 0.479 e. The summed E-state index contributed by atoms with van der Waals surface area (Å²) in [5.74, 6) is 0.262. The number of benzene rings is 1. The number of fused-ring (bicyclic) bond motifs is 3. The van der Waals surface area contributed by atoms with E-state index in [2.05, 4.69) is 4.98 Å². The van der Waals surface area contributed by atoms with E-state index in [1.165, 1.54) is 10.6 Å². The van der Waals surface area contributed by atoms with E-state index in [0.717, 1.165) is 11.1 Å². The van der Waals surface area contributed by atoms with Crippen molar-refractivity contribution >= 4 is 12.0 Å². The lowest BCUT2D eigenvalue weighted by Crippen LogP contribution is -2.34. The number of aryl methyl sites for hydroxylation is 1. The largest absolute Gasteiger partial charge is 0.479 e. The van der Waals surface area contributed by atoms with Crippen molar-refractivity contribution in [3.05, 3.63) is 40.3 Å². The van der Waals surface area contributed by atoms with Gasteiger partial charge in [0.1, 0.15) is 18.5 Å². The minimum atomic E-state index is -4.49. The molecule has 1 aromatic carbocycles. The summed E-state index contributed by atoms with van der Waals surface area (Å²) in [5, 5.41) is 0. The lowest BCUT2D eigenvalue weighted by molar-refractivity contribution is -0.102. The first-order valence-electron chi connectivity index (χ1n) is 8.89. The number of hydrogen-bond donors (Lipinski definition) is 0. The first kappa shape index (κ1) is 20.0. The Morgan fingerprint density at radius 1 is 1.28 bits per heavy atom. The number of halogens is 3. The molecule has 1 fully saturated rings. The summed E-state index contributed by atoms with van der Waals surface area (Å²) in [6.45, 7) is 2.00. The number of nitrogens with zero attached hydrogens (tertiary/aromatic N) is 2. The molecule has 0 bridgehead atoms. The number of alkyl halides is 3. The van der Waals surface area contributed by atoms with Crippen molar-refractivity contribution < 1.29 is 31.6 Å². The summed E-state index contributed by atoms with van der Waals surface area (Å²) in [7, 11) is 0. The van der Waals surface area contributed by atoms with Crippen LogP contribution in [0.4, 0.5) is 13.2 Å². The molecule has 0 saturated carbocycles. The van der Waals surface area contributed by atoms with Crippen LogP contribution in [0.25, 0.3) is 11.3 Å². The zero-order chi connectivity index (χ0) is 20.4. The molecular weight excluding hydrogens is 413 g/mol. The van der Waals surface area contributed by atoms with Crippen molar-refractivity contribution in [2.24, 2.45) is 0 Å². The maximum absolute atomic E-state index is 12.4. The summed E-state index contributed by atoms with van der Waals surface area (Å²) < 4.78 is 59.7. The van der Waals surface area contributed by atoms with Crippen molar-refractivity contribution in [2.45, 2.75) is 24.6 Å². The van der Waals surface area contributed by atoms with Gasteiger partial charge in [-0.3, -0.25) is 4.57 Å². The first-order valence-corrected chi connectivity index (χ1v) is 9.63. The fraction of sp³-hybridized carbons (Fsp3) is 0.444. The number of rotatable bonds is 5. The lowest BCUT2D eigenvalue weighted by Gasteiger charge is -2.24. The van der Waals surface area contributed by atoms with Gasteiger partial charge in [0, 0.05) is 18.2 Å². The molecule has 0 aliphatic carbocycles. The van der Waals surface area contributed by atoms with Gasteiger partial charge in [0.25, 0.3) is 0 Å².